The minimum absolute atomic E-state index is 0.565. The second kappa shape index (κ2) is 11.9. The number of anilines is 1. The first-order valence-electron chi connectivity index (χ1n) is 13.7. The van der Waals surface area contributed by atoms with Gasteiger partial charge in [0.15, 0.2) is 0 Å². The van der Waals surface area contributed by atoms with Crippen LogP contribution in [0, 0.1) is 0 Å². The van der Waals surface area contributed by atoms with Gasteiger partial charge in [-0.1, -0.05) is 86.1 Å². The zero-order valence-corrected chi connectivity index (χ0v) is 21.4. The van der Waals surface area contributed by atoms with Crippen LogP contribution in [0.4, 0.5) is 5.69 Å². The van der Waals surface area contributed by atoms with Gasteiger partial charge in [0.25, 0.3) is 0 Å². The molecule has 2 aliphatic rings. The van der Waals surface area contributed by atoms with E-state index in [4.69, 9.17) is 0 Å². The molecule has 0 amide bonds. The predicted molar refractivity (Wildman–Crippen MR) is 148 cm³/mol. The summed E-state index contributed by atoms with van der Waals surface area (Å²) in [6.07, 6.45) is 6.18. The fraction of sp³-hybridized carbons (Fsp3) is 0.438. The summed E-state index contributed by atoms with van der Waals surface area (Å²) in [5, 5.41) is 0. The Kier molecular flexibility index (Phi) is 8.18. The van der Waals surface area contributed by atoms with Crippen LogP contribution in [0.3, 0.4) is 0 Å². The Morgan fingerprint density at radius 2 is 1.43 bits per heavy atom. The summed E-state index contributed by atoms with van der Waals surface area (Å²) in [5.41, 5.74) is 7.50. The van der Waals surface area contributed by atoms with Gasteiger partial charge in [-0.3, -0.25) is 9.80 Å². The molecule has 3 nitrogen and oxygen atoms in total. The summed E-state index contributed by atoms with van der Waals surface area (Å²) in [5.74, 6) is 0. The van der Waals surface area contributed by atoms with Gasteiger partial charge >= 0.3 is 0 Å². The number of piperazine rings is 1. The second-order valence-corrected chi connectivity index (χ2v) is 10.4. The first-order chi connectivity index (χ1) is 17.3. The van der Waals surface area contributed by atoms with Crippen molar-refractivity contribution in [2.75, 3.05) is 37.6 Å². The molecule has 0 spiro atoms. The van der Waals surface area contributed by atoms with Crippen molar-refractivity contribution in [3.05, 3.63) is 101 Å². The third-order valence-corrected chi connectivity index (χ3v) is 7.95. The maximum Gasteiger partial charge on any atom is 0.0403 e. The highest BCUT2D eigenvalue weighted by Gasteiger charge is 2.28. The Morgan fingerprint density at radius 1 is 0.771 bits per heavy atom. The molecule has 1 atom stereocenters. The number of rotatable bonds is 9. The van der Waals surface area contributed by atoms with Gasteiger partial charge < -0.3 is 4.90 Å². The third kappa shape index (κ3) is 6.15. The number of aryl methyl sites for hydroxylation is 1. The van der Waals surface area contributed by atoms with Crippen molar-refractivity contribution in [1.82, 2.24) is 9.80 Å². The molecule has 0 aromatic heterocycles. The smallest absolute Gasteiger partial charge is 0.0403 e. The fourth-order valence-corrected chi connectivity index (χ4v) is 5.90. The summed E-state index contributed by atoms with van der Waals surface area (Å²) < 4.78 is 0. The lowest BCUT2D eigenvalue weighted by Crippen LogP contribution is -2.47. The largest absolute Gasteiger partial charge is 0.369 e. The second-order valence-electron chi connectivity index (χ2n) is 10.4. The van der Waals surface area contributed by atoms with Gasteiger partial charge in [-0.15, -0.1) is 0 Å². The quantitative estimate of drug-likeness (QED) is 0.373. The van der Waals surface area contributed by atoms with Crippen molar-refractivity contribution < 1.29 is 0 Å². The maximum atomic E-state index is 2.73. The Balaban J connectivity index is 1.34. The SMILES string of the molecule is CCCCN1CCN(c2cccc3c2C[C@H](N(Cc2ccccc2)Cc2ccccc2)CC3)CC1. The molecule has 1 aliphatic carbocycles. The number of unbranched alkanes of at least 4 members (excludes halogenated alkanes) is 1. The van der Waals surface area contributed by atoms with E-state index in [1.165, 1.54) is 62.1 Å². The zero-order chi connectivity index (χ0) is 23.9. The van der Waals surface area contributed by atoms with E-state index in [1.54, 1.807) is 11.1 Å². The Morgan fingerprint density at radius 3 is 2.06 bits per heavy atom. The van der Waals surface area contributed by atoms with Gasteiger partial charge in [-0.05, 0) is 60.5 Å². The van der Waals surface area contributed by atoms with Crippen molar-refractivity contribution in [1.29, 1.82) is 0 Å². The molecule has 1 aliphatic heterocycles. The highest BCUT2D eigenvalue weighted by molar-refractivity contribution is 5.58. The fourth-order valence-electron chi connectivity index (χ4n) is 5.90. The monoisotopic (exact) mass is 467 g/mol. The number of hydrogen-bond donors (Lipinski definition) is 0. The average Bonchev–Trinajstić information content (AvgIpc) is 2.92. The Bertz CT molecular complexity index is 999. The molecule has 0 saturated carbocycles. The number of nitrogens with zero attached hydrogens (tertiary/aromatic N) is 3. The van der Waals surface area contributed by atoms with Crippen molar-refractivity contribution >= 4 is 5.69 Å². The molecule has 3 aromatic rings. The van der Waals surface area contributed by atoms with E-state index >= 15 is 0 Å². The first-order valence-corrected chi connectivity index (χ1v) is 13.7. The van der Waals surface area contributed by atoms with E-state index in [0.29, 0.717) is 6.04 Å². The molecule has 0 radical (unpaired) electrons. The van der Waals surface area contributed by atoms with Crippen LogP contribution in [-0.4, -0.2) is 48.6 Å². The molecule has 0 N–H and O–H groups in total. The zero-order valence-electron chi connectivity index (χ0n) is 21.4. The molecule has 3 heteroatoms. The van der Waals surface area contributed by atoms with Gasteiger partial charge in [-0.25, -0.2) is 0 Å². The molecule has 1 fully saturated rings. The molecule has 184 valence electrons. The summed E-state index contributed by atoms with van der Waals surface area (Å²) in [7, 11) is 0. The number of fused-ring (bicyclic) bond motifs is 1. The van der Waals surface area contributed by atoms with Gasteiger partial charge in [0.05, 0.1) is 0 Å². The topological polar surface area (TPSA) is 9.72 Å². The molecule has 1 heterocycles. The summed E-state index contributed by atoms with van der Waals surface area (Å²) in [4.78, 5) is 8.05. The van der Waals surface area contributed by atoms with Crippen LogP contribution in [0.1, 0.15) is 48.4 Å². The minimum atomic E-state index is 0.565. The molecule has 0 unspecified atom stereocenters. The lowest BCUT2D eigenvalue weighted by molar-refractivity contribution is 0.162. The van der Waals surface area contributed by atoms with Crippen molar-refractivity contribution in [3.63, 3.8) is 0 Å². The lowest BCUT2D eigenvalue weighted by Gasteiger charge is -2.40. The molecule has 35 heavy (non-hydrogen) atoms. The van der Waals surface area contributed by atoms with Crippen molar-refractivity contribution in [2.24, 2.45) is 0 Å². The Labute approximate surface area is 212 Å². The number of hydrogen-bond acceptors (Lipinski definition) is 3. The standard InChI is InChI=1S/C32H41N3/c1-2-3-19-33-20-22-34(23-21-33)32-16-10-15-29-17-18-30(24-31(29)32)35(25-27-11-6-4-7-12-27)26-28-13-8-5-9-14-28/h4-16,30H,2-3,17-26H2,1H3/t30-/m1/s1. The Hall–Kier alpha value is -2.62. The van der Waals surface area contributed by atoms with Crippen molar-refractivity contribution in [2.45, 2.75) is 58.2 Å². The summed E-state index contributed by atoms with van der Waals surface area (Å²) in [6, 6.07) is 29.7. The van der Waals surface area contributed by atoms with E-state index in [-0.39, 0.29) is 0 Å². The molecule has 0 bridgehead atoms. The molecule has 5 rings (SSSR count). The third-order valence-electron chi connectivity index (χ3n) is 7.95. The average molecular weight is 468 g/mol. The highest BCUT2D eigenvalue weighted by Crippen LogP contribution is 2.34. The van der Waals surface area contributed by atoms with E-state index in [2.05, 4.69) is 100 Å². The molecule has 1 saturated heterocycles. The van der Waals surface area contributed by atoms with Gasteiger partial charge in [0.2, 0.25) is 0 Å². The van der Waals surface area contributed by atoms with E-state index in [1.807, 2.05) is 0 Å². The summed E-state index contributed by atoms with van der Waals surface area (Å²) >= 11 is 0. The minimum Gasteiger partial charge on any atom is -0.369 e. The molecular formula is C32H41N3. The van der Waals surface area contributed by atoms with Crippen LogP contribution in [0.2, 0.25) is 0 Å². The van der Waals surface area contributed by atoms with Crippen molar-refractivity contribution in [3.8, 4) is 0 Å². The van der Waals surface area contributed by atoms with Crippen LogP contribution in [0.25, 0.3) is 0 Å². The molecule has 3 aromatic carbocycles. The van der Waals surface area contributed by atoms with Crippen LogP contribution >= 0.6 is 0 Å². The van der Waals surface area contributed by atoms with Crippen LogP contribution < -0.4 is 4.90 Å². The van der Waals surface area contributed by atoms with Gasteiger partial charge in [0, 0.05) is 51.0 Å². The predicted octanol–water partition coefficient (Wildman–Crippen LogP) is 6.17. The van der Waals surface area contributed by atoms with Crippen LogP contribution in [0.15, 0.2) is 78.9 Å². The van der Waals surface area contributed by atoms with Gasteiger partial charge in [0.1, 0.15) is 0 Å². The normalized spacial score (nSPS) is 18.6. The van der Waals surface area contributed by atoms with E-state index in [0.717, 1.165) is 32.6 Å². The lowest BCUT2D eigenvalue weighted by atomic mass is 9.85. The summed E-state index contributed by atoms with van der Waals surface area (Å²) in [6.45, 7) is 10.3. The maximum absolute atomic E-state index is 2.73. The number of benzene rings is 3. The highest BCUT2D eigenvalue weighted by atomic mass is 15.3. The van der Waals surface area contributed by atoms with Gasteiger partial charge in [-0.2, -0.15) is 0 Å². The van der Waals surface area contributed by atoms with E-state index in [9.17, 15) is 0 Å². The first kappa shape index (κ1) is 24.1. The van der Waals surface area contributed by atoms with Crippen LogP contribution in [0.5, 0.6) is 0 Å². The van der Waals surface area contributed by atoms with Crippen LogP contribution in [-0.2, 0) is 25.9 Å². The van der Waals surface area contributed by atoms with E-state index < -0.39 is 0 Å². The molecular weight excluding hydrogens is 426 g/mol.